The molecule has 0 radical (unpaired) electrons. The summed E-state index contributed by atoms with van der Waals surface area (Å²) in [4.78, 5) is 6.81. The number of rotatable bonds is 1. The van der Waals surface area contributed by atoms with E-state index in [2.05, 4.69) is 35.9 Å². The van der Waals surface area contributed by atoms with E-state index in [1.807, 2.05) is 33.9 Å². The molecule has 1 aromatic heterocycles. The highest BCUT2D eigenvalue weighted by Gasteiger charge is 2.16. The lowest BCUT2D eigenvalue weighted by molar-refractivity contribution is 0.436. The van der Waals surface area contributed by atoms with Crippen LogP contribution in [-0.4, -0.2) is 18.1 Å². The molecule has 0 unspecified atom stereocenters. The van der Waals surface area contributed by atoms with E-state index in [4.69, 9.17) is 0 Å². The average Bonchev–Trinajstić information content (AvgIpc) is 2.44. The van der Waals surface area contributed by atoms with E-state index in [0.29, 0.717) is 0 Å². The monoisotopic (exact) mass is 250 g/mol. The van der Waals surface area contributed by atoms with Crippen LogP contribution in [0.4, 0.5) is 5.82 Å². The molecule has 2 rings (SSSR count). The third kappa shape index (κ3) is 5.52. The van der Waals surface area contributed by atoms with Gasteiger partial charge in [-0.25, -0.2) is 4.98 Å². The highest BCUT2D eigenvalue weighted by atomic mass is 15.2. The smallest absolute Gasteiger partial charge is 0.128 e. The lowest BCUT2D eigenvalue weighted by Crippen LogP contribution is -2.33. The Hall–Kier alpha value is -1.05. The van der Waals surface area contributed by atoms with Crippen LogP contribution in [0.2, 0.25) is 0 Å². The largest absolute Gasteiger partial charge is 0.357 e. The molecule has 0 spiro atoms. The summed E-state index contributed by atoms with van der Waals surface area (Å²) in [5.41, 5.74) is 1.30. The maximum absolute atomic E-state index is 4.41. The maximum Gasteiger partial charge on any atom is 0.128 e. The molecular weight excluding hydrogens is 220 g/mol. The summed E-state index contributed by atoms with van der Waals surface area (Å²) in [6, 6.07) is 4.23. The van der Waals surface area contributed by atoms with Crippen LogP contribution in [0.25, 0.3) is 0 Å². The molecule has 0 aromatic carbocycles. The summed E-state index contributed by atoms with van der Waals surface area (Å²) in [7, 11) is 0. The number of aromatic nitrogens is 1. The molecule has 2 nitrogen and oxygen atoms in total. The first-order valence-electron chi connectivity index (χ1n) is 7.43. The Bertz CT molecular complexity index is 302. The lowest BCUT2D eigenvalue weighted by atomic mass is 9.99. The van der Waals surface area contributed by atoms with Gasteiger partial charge in [-0.2, -0.15) is 0 Å². The Balaban J connectivity index is 0.000000659. The fourth-order valence-corrected chi connectivity index (χ4v) is 1.93. The molecule has 2 heteroatoms. The van der Waals surface area contributed by atoms with Crippen molar-refractivity contribution < 1.29 is 0 Å². The third-order valence-corrected chi connectivity index (χ3v) is 3.01. The van der Waals surface area contributed by atoms with Crippen molar-refractivity contribution in [2.24, 2.45) is 5.92 Å². The zero-order valence-electron chi connectivity index (χ0n) is 13.0. The van der Waals surface area contributed by atoms with Crippen molar-refractivity contribution in [3.63, 3.8) is 0 Å². The van der Waals surface area contributed by atoms with Gasteiger partial charge in [-0.15, -0.1) is 0 Å². The second-order valence-corrected chi connectivity index (χ2v) is 4.36. The van der Waals surface area contributed by atoms with Gasteiger partial charge in [-0.05, 0) is 43.4 Å². The van der Waals surface area contributed by atoms with Gasteiger partial charge in [0.1, 0.15) is 5.82 Å². The average molecular weight is 250 g/mol. The summed E-state index contributed by atoms with van der Waals surface area (Å²) in [6.45, 7) is 14.8. The minimum atomic E-state index is 0.885. The van der Waals surface area contributed by atoms with Crippen molar-refractivity contribution in [1.82, 2.24) is 4.98 Å². The number of hydrogen-bond donors (Lipinski definition) is 0. The fraction of sp³-hybridized carbons (Fsp3) is 0.688. The zero-order valence-corrected chi connectivity index (χ0v) is 13.0. The summed E-state index contributed by atoms with van der Waals surface area (Å²) >= 11 is 0. The lowest BCUT2D eigenvalue weighted by Gasteiger charge is -2.31. The Kier molecular flexibility index (Phi) is 9.35. The van der Waals surface area contributed by atoms with Gasteiger partial charge in [0, 0.05) is 19.3 Å². The molecular formula is C16H30N2. The maximum atomic E-state index is 4.41. The van der Waals surface area contributed by atoms with Gasteiger partial charge in [0.2, 0.25) is 0 Å². The minimum absolute atomic E-state index is 0.885. The van der Waals surface area contributed by atoms with Gasteiger partial charge in [0.05, 0.1) is 0 Å². The first-order valence-corrected chi connectivity index (χ1v) is 7.43. The van der Waals surface area contributed by atoms with Crippen LogP contribution in [0.1, 0.15) is 53.0 Å². The Morgan fingerprint density at radius 1 is 1.11 bits per heavy atom. The van der Waals surface area contributed by atoms with Crippen molar-refractivity contribution in [1.29, 1.82) is 0 Å². The van der Waals surface area contributed by atoms with E-state index >= 15 is 0 Å². The van der Waals surface area contributed by atoms with Gasteiger partial charge in [-0.1, -0.05) is 34.6 Å². The van der Waals surface area contributed by atoms with E-state index in [1.165, 1.54) is 18.4 Å². The van der Waals surface area contributed by atoms with Crippen LogP contribution in [0.15, 0.2) is 18.3 Å². The quantitative estimate of drug-likeness (QED) is 0.719. The summed E-state index contributed by atoms with van der Waals surface area (Å²) in [5.74, 6) is 2.04. The summed E-state index contributed by atoms with van der Waals surface area (Å²) in [6.07, 6.45) is 4.51. The SMILES string of the molecule is CC.CC.Cc1ccnc(N2CCC(C)CC2)c1. The molecule has 0 N–H and O–H groups in total. The topological polar surface area (TPSA) is 16.1 Å². The Labute approximate surface area is 113 Å². The van der Waals surface area contributed by atoms with Crippen LogP contribution in [0, 0.1) is 12.8 Å². The second kappa shape index (κ2) is 9.93. The first kappa shape index (κ1) is 16.9. The van der Waals surface area contributed by atoms with Crippen molar-refractivity contribution in [2.75, 3.05) is 18.0 Å². The molecule has 1 aromatic rings. The molecule has 2 heterocycles. The molecule has 0 aliphatic carbocycles. The van der Waals surface area contributed by atoms with E-state index in [0.717, 1.165) is 24.8 Å². The summed E-state index contributed by atoms with van der Waals surface area (Å²) < 4.78 is 0. The second-order valence-electron chi connectivity index (χ2n) is 4.36. The first-order chi connectivity index (χ1) is 8.75. The highest BCUT2D eigenvalue weighted by Crippen LogP contribution is 2.21. The van der Waals surface area contributed by atoms with Crippen LogP contribution in [0.5, 0.6) is 0 Å². The van der Waals surface area contributed by atoms with Crippen molar-refractivity contribution in [2.45, 2.75) is 54.4 Å². The number of piperidine rings is 1. The fourth-order valence-electron chi connectivity index (χ4n) is 1.93. The number of hydrogen-bond acceptors (Lipinski definition) is 2. The van der Waals surface area contributed by atoms with Gasteiger partial charge < -0.3 is 4.90 Å². The molecule has 0 atom stereocenters. The van der Waals surface area contributed by atoms with E-state index in [-0.39, 0.29) is 0 Å². The molecule has 18 heavy (non-hydrogen) atoms. The molecule has 1 aliphatic heterocycles. The normalized spacial score (nSPS) is 15.1. The Morgan fingerprint density at radius 3 is 2.17 bits per heavy atom. The van der Waals surface area contributed by atoms with Crippen molar-refractivity contribution in [3.05, 3.63) is 23.9 Å². The van der Waals surface area contributed by atoms with Crippen LogP contribution in [-0.2, 0) is 0 Å². The summed E-state index contributed by atoms with van der Waals surface area (Å²) in [5, 5.41) is 0. The predicted octanol–water partition coefficient (Wildman–Crippen LogP) is 4.68. The van der Waals surface area contributed by atoms with Crippen molar-refractivity contribution >= 4 is 5.82 Å². The van der Waals surface area contributed by atoms with E-state index in [9.17, 15) is 0 Å². The number of pyridine rings is 1. The molecule has 1 fully saturated rings. The Morgan fingerprint density at radius 2 is 1.67 bits per heavy atom. The number of anilines is 1. The van der Waals surface area contributed by atoms with Gasteiger partial charge in [0.25, 0.3) is 0 Å². The molecule has 1 saturated heterocycles. The highest BCUT2D eigenvalue weighted by molar-refractivity contribution is 5.40. The minimum Gasteiger partial charge on any atom is -0.357 e. The third-order valence-electron chi connectivity index (χ3n) is 3.01. The molecule has 0 amide bonds. The standard InChI is InChI=1S/C12H18N2.2C2H6/c1-10-4-7-14(8-5-10)12-9-11(2)3-6-13-12;2*1-2/h3,6,9-10H,4-5,7-8H2,1-2H3;2*1-2H3. The number of aryl methyl sites for hydroxylation is 1. The van der Waals surface area contributed by atoms with Gasteiger partial charge >= 0.3 is 0 Å². The van der Waals surface area contributed by atoms with Crippen molar-refractivity contribution in [3.8, 4) is 0 Å². The van der Waals surface area contributed by atoms with Gasteiger partial charge in [-0.3, -0.25) is 0 Å². The van der Waals surface area contributed by atoms with E-state index in [1.54, 1.807) is 0 Å². The molecule has 104 valence electrons. The molecule has 0 saturated carbocycles. The van der Waals surface area contributed by atoms with Crippen LogP contribution in [0.3, 0.4) is 0 Å². The van der Waals surface area contributed by atoms with Crippen LogP contribution < -0.4 is 4.90 Å². The molecule has 0 bridgehead atoms. The van der Waals surface area contributed by atoms with Crippen LogP contribution >= 0.6 is 0 Å². The number of nitrogens with zero attached hydrogens (tertiary/aromatic N) is 2. The molecule has 1 aliphatic rings. The predicted molar refractivity (Wildman–Crippen MR) is 82.3 cm³/mol. The van der Waals surface area contributed by atoms with Gasteiger partial charge in [0.15, 0.2) is 0 Å². The zero-order chi connectivity index (χ0) is 14.0. The van der Waals surface area contributed by atoms with E-state index < -0.39 is 0 Å².